The predicted octanol–water partition coefficient (Wildman–Crippen LogP) is 0.699. The summed E-state index contributed by atoms with van der Waals surface area (Å²) in [5, 5.41) is 7.47. The van der Waals surface area contributed by atoms with Gasteiger partial charge in [0.1, 0.15) is 5.82 Å². The van der Waals surface area contributed by atoms with E-state index in [1.807, 2.05) is 17.5 Å². The van der Waals surface area contributed by atoms with Gasteiger partial charge in [0.05, 0.1) is 7.05 Å². The van der Waals surface area contributed by atoms with E-state index in [0.717, 1.165) is 11.3 Å². The van der Waals surface area contributed by atoms with E-state index >= 15 is 0 Å². The van der Waals surface area contributed by atoms with Gasteiger partial charge in [0.2, 0.25) is 0 Å². The number of halogens is 1. The van der Waals surface area contributed by atoms with Crippen LogP contribution < -0.4 is 15.5 Å². The Morgan fingerprint density at radius 2 is 1.96 bits per heavy atom. The first-order valence-electron chi connectivity index (χ1n) is 7.69. The molecule has 0 aliphatic carbocycles. The number of benzene rings is 1. The van der Waals surface area contributed by atoms with Crippen molar-refractivity contribution in [3.05, 3.63) is 52.5 Å². The summed E-state index contributed by atoms with van der Waals surface area (Å²) in [5.74, 6) is -0.759. The molecular formula is C17H21FN3O2S+. The molecule has 5 nitrogen and oxygen atoms in total. The maximum absolute atomic E-state index is 13.1. The van der Waals surface area contributed by atoms with Crippen LogP contribution in [0, 0.1) is 5.82 Å². The summed E-state index contributed by atoms with van der Waals surface area (Å²) in [4.78, 5) is 25.7. The number of quaternary nitrogens is 1. The number of likely N-dealkylation sites (N-methyl/N-ethyl adjacent to an activating group) is 1. The molecule has 3 N–H and O–H groups in total. The Morgan fingerprint density at radius 1 is 1.17 bits per heavy atom. The summed E-state index contributed by atoms with van der Waals surface area (Å²) < 4.78 is 13.1. The average Bonchev–Trinajstić information content (AvgIpc) is 3.00. The minimum absolute atomic E-state index is 0.0948. The fourth-order valence-corrected chi connectivity index (χ4v) is 2.93. The molecule has 24 heavy (non-hydrogen) atoms. The molecule has 2 aromatic rings. The van der Waals surface area contributed by atoms with Gasteiger partial charge in [-0.3, -0.25) is 9.59 Å². The lowest BCUT2D eigenvalue weighted by Crippen LogP contribution is -3.11. The van der Waals surface area contributed by atoms with Crippen molar-refractivity contribution >= 4 is 28.8 Å². The molecule has 1 aromatic carbocycles. The van der Waals surface area contributed by atoms with Crippen molar-refractivity contribution in [2.45, 2.75) is 6.42 Å². The lowest BCUT2D eigenvalue weighted by atomic mass is 10.3. The zero-order valence-electron chi connectivity index (χ0n) is 13.5. The quantitative estimate of drug-likeness (QED) is 0.656. The number of thiophene rings is 1. The number of carbonyl (C=O) groups is 2. The first kappa shape index (κ1) is 18.1. The van der Waals surface area contributed by atoms with E-state index in [1.54, 1.807) is 24.5 Å². The van der Waals surface area contributed by atoms with Crippen molar-refractivity contribution < 1.29 is 18.9 Å². The highest BCUT2D eigenvalue weighted by Gasteiger charge is 2.14. The predicted molar refractivity (Wildman–Crippen MR) is 92.7 cm³/mol. The standard InChI is InChI=1S/C17H20FN3O2S/c1-21(11-16(22)19-8-7-15-6-3-9-24-15)12-17(23)20-14-5-2-4-13(18)10-14/h2-6,9-10H,7-8,11-12H2,1H3,(H,19,22)(H,20,23)/p+1. The first-order chi connectivity index (χ1) is 11.5. The molecule has 0 fully saturated rings. The Bertz CT molecular complexity index is 676. The molecule has 7 heteroatoms. The van der Waals surface area contributed by atoms with Gasteiger partial charge in [-0.15, -0.1) is 11.3 Å². The van der Waals surface area contributed by atoms with Crippen LogP contribution in [0.3, 0.4) is 0 Å². The van der Waals surface area contributed by atoms with Gasteiger partial charge in [-0.1, -0.05) is 12.1 Å². The van der Waals surface area contributed by atoms with Crippen LogP contribution in [0.15, 0.2) is 41.8 Å². The van der Waals surface area contributed by atoms with E-state index in [-0.39, 0.29) is 24.9 Å². The Morgan fingerprint density at radius 3 is 2.67 bits per heavy atom. The molecule has 2 rings (SSSR count). The summed E-state index contributed by atoms with van der Waals surface area (Å²) in [6.45, 7) is 0.929. The summed E-state index contributed by atoms with van der Waals surface area (Å²) >= 11 is 1.66. The SMILES string of the molecule is C[NH+](CC(=O)NCCc1cccs1)CC(=O)Nc1cccc(F)c1. The lowest BCUT2D eigenvalue weighted by molar-refractivity contribution is -0.862. The zero-order valence-corrected chi connectivity index (χ0v) is 14.3. The van der Waals surface area contributed by atoms with Gasteiger partial charge in [-0.05, 0) is 36.1 Å². The molecule has 128 valence electrons. The summed E-state index contributed by atoms with van der Waals surface area (Å²) in [6, 6.07) is 9.73. The molecule has 0 bridgehead atoms. The van der Waals surface area contributed by atoms with Gasteiger partial charge in [0.15, 0.2) is 13.1 Å². The van der Waals surface area contributed by atoms with Crippen LogP contribution in [0.4, 0.5) is 10.1 Å². The molecular weight excluding hydrogens is 329 g/mol. The maximum atomic E-state index is 13.1. The van der Waals surface area contributed by atoms with Crippen LogP contribution in [0.5, 0.6) is 0 Å². The van der Waals surface area contributed by atoms with Gasteiger partial charge in [-0.25, -0.2) is 4.39 Å². The average molecular weight is 350 g/mol. The number of hydrogen-bond donors (Lipinski definition) is 3. The smallest absolute Gasteiger partial charge is 0.279 e. The lowest BCUT2D eigenvalue weighted by Gasteiger charge is -2.13. The minimum atomic E-state index is -0.404. The van der Waals surface area contributed by atoms with Crippen LogP contribution in [0.2, 0.25) is 0 Å². The fourth-order valence-electron chi connectivity index (χ4n) is 2.22. The second-order valence-electron chi connectivity index (χ2n) is 5.55. The van der Waals surface area contributed by atoms with Gasteiger partial charge in [0.25, 0.3) is 11.8 Å². The molecule has 0 aliphatic rings. The second kappa shape index (κ2) is 9.14. The summed E-state index contributed by atoms with van der Waals surface area (Å²) in [6.07, 6.45) is 0.808. The summed E-state index contributed by atoms with van der Waals surface area (Å²) in [7, 11) is 1.77. The van der Waals surface area contributed by atoms with E-state index in [9.17, 15) is 14.0 Å². The number of hydrogen-bond acceptors (Lipinski definition) is 3. The highest BCUT2D eigenvalue weighted by atomic mass is 32.1. The van der Waals surface area contributed by atoms with Crippen molar-refractivity contribution in [1.82, 2.24) is 5.32 Å². The van der Waals surface area contributed by atoms with Crippen LogP contribution in [0.25, 0.3) is 0 Å². The first-order valence-corrected chi connectivity index (χ1v) is 8.56. The zero-order chi connectivity index (χ0) is 17.4. The molecule has 0 radical (unpaired) electrons. The van der Waals surface area contributed by atoms with Crippen LogP contribution >= 0.6 is 11.3 Å². The second-order valence-corrected chi connectivity index (χ2v) is 6.58. The van der Waals surface area contributed by atoms with Gasteiger partial charge in [0, 0.05) is 17.1 Å². The number of anilines is 1. The minimum Gasteiger partial charge on any atom is -0.351 e. The van der Waals surface area contributed by atoms with Crippen molar-refractivity contribution in [2.75, 3.05) is 32.0 Å². The van der Waals surface area contributed by atoms with Crippen molar-refractivity contribution in [1.29, 1.82) is 0 Å². The van der Waals surface area contributed by atoms with E-state index in [1.165, 1.54) is 23.1 Å². The van der Waals surface area contributed by atoms with E-state index < -0.39 is 5.82 Å². The van der Waals surface area contributed by atoms with Crippen molar-refractivity contribution in [3.8, 4) is 0 Å². The Balaban J connectivity index is 1.66. The van der Waals surface area contributed by atoms with E-state index in [2.05, 4.69) is 10.6 Å². The molecule has 1 unspecified atom stereocenters. The monoisotopic (exact) mass is 350 g/mol. The third kappa shape index (κ3) is 6.47. The van der Waals surface area contributed by atoms with Crippen molar-refractivity contribution in [3.63, 3.8) is 0 Å². The normalized spacial score (nSPS) is 11.8. The largest absolute Gasteiger partial charge is 0.351 e. The Hall–Kier alpha value is -2.25. The summed E-state index contributed by atoms with van der Waals surface area (Å²) in [5.41, 5.74) is 0.410. The molecule has 1 atom stereocenters. The molecule has 2 amide bonds. The molecule has 1 aromatic heterocycles. The van der Waals surface area contributed by atoms with Gasteiger partial charge >= 0.3 is 0 Å². The molecule has 0 saturated heterocycles. The Kier molecular flexibility index (Phi) is 6.89. The number of carbonyl (C=O) groups excluding carboxylic acids is 2. The molecule has 0 saturated carbocycles. The fraction of sp³-hybridized carbons (Fsp3) is 0.294. The van der Waals surface area contributed by atoms with Gasteiger partial charge in [-0.2, -0.15) is 0 Å². The van der Waals surface area contributed by atoms with Crippen LogP contribution in [-0.2, 0) is 16.0 Å². The number of nitrogens with one attached hydrogen (secondary N) is 3. The highest BCUT2D eigenvalue weighted by molar-refractivity contribution is 7.09. The third-order valence-corrected chi connectivity index (χ3v) is 4.24. The van der Waals surface area contributed by atoms with E-state index in [4.69, 9.17) is 0 Å². The maximum Gasteiger partial charge on any atom is 0.279 e. The topological polar surface area (TPSA) is 62.6 Å². The Labute approximate surface area is 144 Å². The molecule has 1 heterocycles. The molecule has 0 spiro atoms. The highest BCUT2D eigenvalue weighted by Crippen LogP contribution is 2.08. The van der Waals surface area contributed by atoms with E-state index in [0.29, 0.717) is 12.2 Å². The van der Waals surface area contributed by atoms with Crippen LogP contribution in [-0.4, -0.2) is 38.5 Å². The number of rotatable bonds is 8. The van der Waals surface area contributed by atoms with Crippen molar-refractivity contribution in [2.24, 2.45) is 0 Å². The third-order valence-electron chi connectivity index (χ3n) is 3.31. The molecule has 0 aliphatic heterocycles. The number of amides is 2. The van der Waals surface area contributed by atoms with Gasteiger partial charge < -0.3 is 15.5 Å². The van der Waals surface area contributed by atoms with Crippen LogP contribution in [0.1, 0.15) is 4.88 Å².